The number of carbonyl (C=O) groups excluding carboxylic acids is 1. The van der Waals surface area contributed by atoms with E-state index in [9.17, 15) is 14.9 Å². The number of rotatable bonds is 6. The number of benzene rings is 2. The fourth-order valence-electron chi connectivity index (χ4n) is 1.81. The van der Waals surface area contributed by atoms with E-state index >= 15 is 0 Å². The van der Waals surface area contributed by atoms with Crippen molar-refractivity contribution in [3.05, 3.63) is 68.2 Å². The molecule has 0 unspecified atom stereocenters. The van der Waals surface area contributed by atoms with Crippen LogP contribution in [0.15, 0.2) is 47.4 Å². The first-order chi connectivity index (χ1) is 11.0. The highest BCUT2D eigenvalue weighted by Crippen LogP contribution is 2.23. The van der Waals surface area contributed by atoms with Crippen LogP contribution in [0.4, 0.5) is 5.69 Å². The molecule has 2 rings (SSSR count). The molecule has 0 spiro atoms. The smallest absolute Gasteiger partial charge is 0.283 e. The van der Waals surface area contributed by atoms with Crippen LogP contribution in [0.2, 0.25) is 10.0 Å². The van der Waals surface area contributed by atoms with Crippen molar-refractivity contribution >= 4 is 46.6 Å². The first kappa shape index (κ1) is 17.6. The Morgan fingerprint density at radius 1 is 1.13 bits per heavy atom. The molecule has 23 heavy (non-hydrogen) atoms. The minimum Gasteiger partial charge on any atom is -0.351 e. The normalized spacial score (nSPS) is 10.3. The number of nitrogens with one attached hydrogen (secondary N) is 1. The predicted octanol–water partition coefficient (Wildman–Crippen LogP) is 4.42. The number of nitrogens with zero attached hydrogens (tertiary/aromatic N) is 1. The van der Waals surface area contributed by atoms with Gasteiger partial charge in [0.2, 0.25) is 0 Å². The van der Waals surface area contributed by atoms with Crippen LogP contribution in [0.3, 0.4) is 0 Å². The molecule has 0 fully saturated rings. The van der Waals surface area contributed by atoms with Crippen LogP contribution in [0.5, 0.6) is 0 Å². The summed E-state index contributed by atoms with van der Waals surface area (Å²) < 4.78 is 0. The predicted molar refractivity (Wildman–Crippen MR) is 92.6 cm³/mol. The first-order valence-electron chi connectivity index (χ1n) is 6.58. The summed E-state index contributed by atoms with van der Waals surface area (Å²) >= 11 is 13.1. The standard InChI is InChI=1S/C15H12Cl2N2O3S/c16-10-1-4-12(5-2-10)23-8-7-18-15(20)13-6-3-11(17)9-14(13)19(21)22/h1-6,9H,7-8H2,(H,18,20). The Morgan fingerprint density at radius 2 is 1.78 bits per heavy atom. The number of amides is 1. The zero-order valence-electron chi connectivity index (χ0n) is 11.8. The third kappa shape index (κ3) is 5.13. The van der Waals surface area contributed by atoms with Crippen molar-refractivity contribution in [2.45, 2.75) is 4.90 Å². The zero-order chi connectivity index (χ0) is 16.8. The lowest BCUT2D eigenvalue weighted by atomic mass is 10.1. The molecule has 120 valence electrons. The van der Waals surface area contributed by atoms with E-state index < -0.39 is 10.8 Å². The number of nitro benzene ring substituents is 1. The second-order valence-corrected chi connectivity index (χ2v) is 6.52. The van der Waals surface area contributed by atoms with Crippen LogP contribution in [-0.4, -0.2) is 23.1 Å². The lowest BCUT2D eigenvalue weighted by molar-refractivity contribution is -0.385. The van der Waals surface area contributed by atoms with Gasteiger partial charge in [-0.05, 0) is 36.4 Å². The van der Waals surface area contributed by atoms with Crippen LogP contribution in [0.25, 0.3) is 0 Å². The minimum absolute atomic E-state index is 0.00380. The van der Waals surface area contributed by atoms with Gasteiger partial charge in [0.15, 0.2) is 0 Å². The molecular weight excluding hydrogens is 359 g/mol. The summed E-state index contributed by atoms with van der Waals surface area (Å²) in [6.45, 7) is 0.381. The number of hydrogen-bond donors (Lipinski definition) is 1. The monoisotopic (exact) mass is 370 g/mol. The highest BCUT2D eigenvalue weighted by Gasteiger charge is 2.20. The minimum atomic E-state index is -0.622. The molecule has 2 aromatic carbocycles. The molecule has 0 aliphatic rings. The molecule has 8 heteroatoms. The van der Waals surface area contributed by atoms with Crippen LogP contribution < -0.4 is 5.32 Å². The molecular formula is C15H12Cl2N2O3S. The molecule has 0 saturated heterocycles. The van der Waals surface area contributed by atoms with E-state index in [-0.39, 0.29) is 16.3 Å². The zero-order valence-corrected chi connectivity index (χ0v) is 14.1. The molecule has 0 aliphatic heterocycles. The van der Waals surface area contributed by atoms with Crippen molar-refractivity contribution in [3.63, 3.8) is 0 Å². The topological polar surface area (TPSA) is 72.2 Å². The average molecular weight is 371 g/mol. The molecule has 0 aromatic heterocycles. The van der Waals surface area contributed by atoms with Gasteiger partial charge in [0.25, 0.3) is 11.6 Å². The summed E-state index contributed by atoms with van der Waals surface area (Å²) in [5, 5.41) is 14.5. The summed E-state index contributed by atoms with van der Waals surface area (Å²) in [7, 11) is 0. The molecule has 0 atom stereocenters. The largest absolute Gasteiger partial charge is 0.351 e. The number of hydrogen-bond acceptors (Lipinski definition) is 4. The number of halogens is 2. The van der Waals surface area contributed by atoms with E-state index in [1.54, 1.807) is 23.9 Å². The summed E-state index contributed by atoms with van der Waals surface area (Å²) in [4.78, 5) is 23.4. The number of carbonyl (C=O) groups is 1. The fraction of sp³-hybridized carbons (Fsp3) is 0.133. The number of nitro groups is 1. The average Bonchev–Trinajstić information content (AvgIpc) is 2.53. The Balaban J connectivity index is 1.90. The van der Waals surface area contributed by atoms with E-state index in [4.69, 9.17) is 23.2 Å². The van der Waals surface area contributed by atoms with Gasteiger partial charge in [0.1, 0.15) is 5.56 Å². The van der Waals surface area contributed by atoms with E-state index in [2.05, 4.69) is 5.32 Å². The third-order valence-electron chi connectivity index (χ3n) is 2.87. The SMILES string of the molecule is O=C(NCCSc1ccc(Cl)cc1)c1ccc(Cl)cc1[N+](=O)[O-]. The molecule has 2 aromatic rings. The Morgan fingerprint density at radius 3 is 2.43 bits per heavy atom. The second-order valence-electron chi connectivity index (χ2n) is 4.48. The second kappa shape index (κ2) is 8.19. The quantitative estimate of drug-likeness (QED) is 0.353. The first-order valence-corrected chi connectivity index (χ1v) is 8.32. The van der Waals surface area contributed by atoms with Crippen LogP contribution in [0, 0.1) is 10.1 Å². The van der Waals surface area contributed by atoms with Gasteiger partial charge in [0, 0.05) is 33.3 Å². The Bertz CT molecular complexity index is 723. The van der Waals surface area contributed by atoms with Gasteiger partial charge in [-0.1, -0.05) is 23.2 Å². The highest BCUT2D eigenvalue weighted by atomic mass is 35.5. The van der Waals surface area contributed by atoms with Gasteiger partial charge in [-0.25, -0.2) is 0 Å². The molecule has 5 nitrogen and oxygen atoms in total. The van der Waals surface area contributed by atoms with Crippen LogP contribution >= 0.6 is 35.0 Å². The van der Waals surface area contributed by atoms with Crippen molar-refractivity contribution in [1.29, 1.82) is 0 Å². The van der Waals surface area contributed by atoms with Crippen LogP contribution in [0.1, 0.15) is 10.4 Å². The molecule has 1 N–H and O–H groups in total. The van der Waals surface area contributed by atoms with Crippen LogP contribution in [-0.2, 0) is 0 Å². The van der Waals surface area contributed by atoms with E-state index in [0.717, 1.165) is 4.90 Å². The molecule has 0 aliphatic carbocycles. The maximum absolute atomic E-state index is 12.1. The van der Waals surface area contributed by atoms with Crippen molar-refractivity contribution < 1.29 is 9.72 Å². The van der Waals surface area contributed by atoms with Gasteiger partial charge in [-0.2, -0.15) is 0 Å². The Hall–Kier alpha value is -1.76. The highest BCUT2D eigenvalue weighted by molar-refractivity contribution is 7.99. The van der Waals surface area contributed by atoms with Crippen molar-refractivity contribution in [1.82, 2.24) is 5.32 Å². The van der Waals surface area contributed by atoms with Crippen molar-refractivity contribution in [2.24, 2.45) is 0 Å². The van der Waals surface area contributed by atoms with E-state index in [1.165, 1.54) is 18.2 Å². The Labute approximate surface area is 147 Å². The fourth-order valence-corrected chi connectivity index (χ4v) is 2.87. The lowest BCUT2D eigenvalue weighted by Gasteiger charge is -2.06. The van der Waals surface area contributed by atoms with Crippen molar-refractivity contribution in [2.75, 3.05) is 12.3 Å². The lowest BCUT2D eigenvalue weighted by Crippen LogP contribution is -2.26. The molecule has 1 amide bonds. The molecule has 0 radical (unpaired) electrons. The summed E-state index contributed by atoms with van der Waals surface area (Å²) in [5.41, 5.74) is -0.309. The number of thioether (sulfide) groups is 1. The van der Waals surface area contributed by atoms with Gasteiger partial charge < -0.3 is 5.32 Å². The van der Waals surface area contributed by atoms with E-state index in [0.29, 0.717) is 17.3 Å². The summed E-state index contributed by atoms with van der Waals surface area (Å²) in [6, 6.07) is 11.3. The van der Waals surface area contributed by atoms with Crippen molar-refractivity contribution in [3.8, 4) is 0 Å². The maximum Gasteiger partial charge on any atom is 0.283 e. The Kier molecular flexibility index (Phi) is 6.27. The van der Waals surface area contributed by atoms with E-state index in [1.807, 2.05) is 12.1 Å². The maximum atomic E-state index is 12.1. The summed E-state index contributed by atoms with van der Waals surface area (Å²) in [6.07, 6.45) is 0. The molecule has 0 bridgehead atoms. The van der Waals surface area contributed by atoms with Gasteiger partial charge in [-0.3, -0.25) is 14.9 Å². The molecule has 0 saturated carbocycles. The molecule has 0 heterocycles. The van der Waals surface area contributed by atoms with Gasteiger partial charge in [0.05, 0.1) is 4.92 Å². The summed E-state index contributed by atoms with van der Waals surface area (Å²) in [5.74, 6) is 0.138. The third-order valence-corrected chi connectivity index (χ3v) is 4.37. The van der Waals surface area contributed by atoms with Gasteiger partial charge >= 0.3 is 0 Å². The van der Waals surface area contributed by atoms with Gasteiger partial charge in [-0.15, -0.1) is 11.8 Å².